The van der Waals surface area contributed by atoms with Crippen LogP contribution in [0.3, 0.4) is 0 Å². The molecule has 3 atom stereocenters. The van der Waals surface area contributed by atoms with Crippen LogP contribution in [0, 0.1) is 11.8 Å². The van der Waals surface area contributed by atoms with Crippen LogP contribution in [0.4, 0.5) is 13.2 Å². The monoisotopic (exact) mass is 385 g/mol. The minimum Gasteiger partial charge on any atom is -0.469 e. The number of nitrogens with zero attached hydrogens (tertiary/aromatic N) is 1. The molecular weight excluding hydrogens is 359 g/mol. The normalized spacial score (nSPS) is 21.4. The fourth-order valence-corrected chi connectivity index (χ4v) is 3.67. The van der Waals surface area contributed by atoms with Crippen LogP contribution in [0.1, 0.15) is 55.5 Å². The topological polar surface area (TPSA) is 46.6 Å². The molecule has 3 unspecified atom stereocenters. The molecular formula is C20H26F3NO3. The van der Waals surface area contributed by atoms with Crippen LogP contribution in [-0.2, 0) is 15.7 Å². The second kappa shape index (κ2) is 8.76. The van der Waals surface area contributed by atoms with Crippen molar-refractivity contribution in [1.29, 1.82) is 0 Å². The van der Waals surface area contributed by atoms with Gasteiger partial charge in [-0.2, -0.15) is 13.2 Å². The maximum absolute atomic E-state index is 13.1. The van der Waals surface area contributed by atoms with E-state index in [1.807, 2.05) is 0 Å². The van der Waals surface area contributed by atoms with E-state index in [9.17, 15) is 22.8 Å². The van der Waals surface area contributed by atoms with Gasteiger partial charge in [0.15, 0.2) is 0 Å². The molecule has 0 heterocycles. The summed E-state index contributed by atoms with van der Waals surface area (Å²) in [6.45, 7) is 3.94. The number of hydrogen-bond acceptors (Lipinski definition) is 3. The van der Waals surface area contributed by atoms with E-state index < -0.39 is 23.6 Å². The molecule has 1 aliphatic rings. The van der Waals surface area contributed by atoms with Gasteiger partial charge in [-0.25, -0.2) is 0 Å². The van der Waals surface area contributed by atoms with Crippen LogP contribution in [0.25, 0.3) is 0 Å². The molecule has 1 saturated carbocycles. The highest BCUT2D eigenvalue weighted by Crippen LogP contribution is 2.31. The molecule has 0 saturated heterocycles. The average Bonchev–Trinajstić information content (AvgIpc) is 2.64. The standard InChI is InChI=1S/C20H26F3NO3/c1-13-6-4-5-7-17(13)24(12-14(2)19(26)27-3)18(25)15-8-10-16(11-9-15)20(21,22)23/h8-11,13-14,17H,4-7,12H2,1-3H3. The van der Waals surface area contributed by atoms with Gasteiger partial charge in [0.1, 0.15) is 0 Å². The number of halogens is 3. The van der Waals surface area contributed by atoms with Gasteiger partial charge in [0.2, 0.25) is 0 Å². The van der Waals surface area contributed by atoms with E-state index in [2.05, 4.69) is 6.92 Å². The Balaban J connectivity index is 2.28. The fraction of sp³-hybridized carbons (Fsp3) is 0.600. The molecule has 27 heavy (non-hydrogen) atoms. The molecule has 0 radical (unpaired) electrons. The molecule has 7 heteroatoms. The number of benzene rings is 1. The summed E-state index contributed by atoms with van der Waals surface area (Å²) < 4.78 is 43.1. The lowest BCUT2D eigenvalue weighted by Gasteiger charge is -2.39. The Kier molecular flexibility index (Phi) is 6.89. The zero-order valence-corrected chi connectivity index (χ0v) is 15.9. The zero-order valence-electron chi connectivity index (χ0n) is 15.9. The second-order valence-corrected chi connectivity index (χ2v) is 7.29. The van der Waals surface area contributed by atoms with Gasteiger partial charge >= 0.3 is 12.1 Å². The molecule has 1 aromatic rings. The molecule has 0 aromatic heterocycles. The zero-order chi connectivity index (χ0) is 20.2. The summed E-state index contributed by atoms with van der Waals surface area (Å²) in [5.41, 5.74) is -0.600. The molecule has 2 rings (SSSR count). The Hall–Kier alpha value is -2.05. The first-order valence-corrected chi connectivity index (χ1v) is 9.21. The summed E-state index contributed by atoms with van der Waals surface area (Å²) in [7, 11) is 1.30. The molecule has 0 N–H and O–H groups in total. The highest BCUT2D eigenvalue weighted by Gasteiger charge is 2.34. The van der Waals surface area contributed by atoms with Gasteiger partial charge in [-0.1, -0.05) is 26.7 Å². The lowest BCUT2D eigenvalue weighted by molar-refractivity contribution is -0.145. The van der Waals surface area contributed by atoms with Gasteiger partial charge in [0.05, 0.1) is 18.6 Å². The molecule has 0 bridgehead atoms. The van der Waals surface area contributed by atoms with Crippen molar-refractivity contribution >= 4 is 11.9 Å². The van der Waals surface area contributed by atoms with Gasteiger partial charge in [-0.05, 0) is 43.0 Å². The van der Waals surface area contributed by atoms with E-state index in [1.165, 1.54) is 19.2 Å². The van der Waals surface area contributed by atoms with E-state index in [-0.39, 0.29) is 30.0 Å². The van der Waals surface area contributed by atoms with Crippen molar-refractivity contribution in [3.05, 3.63) is 35.4 Å². The third kappa shape index (κ3) is 5.23. The highest BCUT2D eigenvalue weighted by atomic mass is 19.4. The summed E-state index contributed by atoms with van der Waals surface area (Å²) in [6.07, 6.45) is -0.570. The maximum atomic E-state index is 13.1. The Morgan fingerprint density at radius 2 is 1.78 bits per heavy atom. The van der Waals surface area contributed by atoms with Gasteiger partial charge in [0, 0.05) is 18.2 Å². The number of ether oxygens (including phenoxy) is 1. The summed E-state index contributed by atoms with van der Waals surface area (Å²) in [6, 6.07) is 4.20. The lowest BCUT2D eigenvalue weighted by atomic mass is 9.84. The van der Waals surface area contributed by atoms with E-state index in [1.54, 1.807) is 11.8 Å². The molecule has 1 aromatic carbocycles. The first-order chi connectivity index (χ1) is 12.6. The number of esters is 1. The van der Waals surface area contributed by atoms with Crippen molar-refractivity contribution in [2.75, 3.05) is 13.7 Å². The largest absolute Gasteiger partial charge is 0.469 e. The molecule has 150 valence electrons. The summed E-state index contributed by atoms with van der Waals surface area (Å²) in [5, 5.41) is 0. The van der Waals surface area contributed by atoms with E-state index >= 15 is 0 Å². The molecule has 4 nitrogen and oxygen atoms in total. The Morgan fingerprint density at radius 1 is 1.19 bits per heavy atom. The molecule has 1 fully saturated rings. The number of amides is 1. The van der Waals surface area contributed by atoms with Crippen molar-refractivity contribution in [2.24, 2.45) is 11.8 Å². The van der Waals surface area contributed by atoms with Crippen molar-refractivity contribution in [3.8, 4) is 0 Å². The second-order valence-electron chi connectivity index (χ2n) is 7.29. The van der Waals surface area contributed by atoms with E-state index in [4.69, 9.17) is 4.74 Å². The summed E-state index contributed by atoms with van der Waals surface area (Å²) in [4.78, 5) is 26.6. The van der Waals surface area contributed by atoms with Crippen LogP contribution in [-0.4, -0.2) is 36.5 Å². The lowest BCUT2D eigenvalue weighted by Crippen LogP contribution is -2.48. The Morgan fingerprint density at radius 3 is 2.30 bits per heavy atom. The van der Waals surface area contributed by atoms with Gasteiger partial charge in [0.25, 0.3) is 5.91 Å². The van der Waals surface area contributed by atoms with E-state index in [0.717, 1.165) is 37.8 Å². The van der Waals surface area contributed by atoms with Crippen LogP contribution in [0.5, 0.6) is 0 Å². The predicted octanol–water partition coefficient (Wildman–Crippen LogP) is 4.54. The number of alkyl halides is 3. The number of methoxy groups -OCH3 is 1. The van der Waals surface area contributed by atoms with Crippen molar-refractivity contribution < 1.29 is 27.5 Å². The highest BCUT2D eigenvalue weighted by molar-refractivity contribution is 5.94. The molecule has 0 spiro atoms. The molecule has 1 aliphatic carbocycles. The average molecular weight is 385 g/mol. The summed E-state index contributed by atoms with van der Waals surface area (Å²) in [5.74, 6) is -1.01. The number of rotatable bonds is 5. The van der Waals surface area contributed by atoms with Crippen LogP contribution in [0.15, 0.2) is 24.3 Å². The molecule has 0 aliphatic heterocycles. The van der Waals surface area contributed by atoms with E-state index in [0.29, 0.717) is 0 Å². The first-order valence-electron chi connectivity index (χ1n) is 9.21. The summed E-state index contributed by atoms with van der Waals surface area (Å²) >= 11 is 0. The predicted molar refractivity (Wildman–Crippen MR) is 95.1 cm³/mol. The maximum Gasteiger partial charge on any atom is 0.416 e. The van der Waals surface area contributed by atoms with Crippen LogP contribution in [0.2, 0.25) is 0 Å². The third-order valence-corrected chi connectivity index (χ3v) is 5.26. The number of carbonyl (C=O) groups excluding carboxylic acids is 2. The quantitative estimate of drug-likeness (QED) is 0.700. The van der Waals surface area contributed by atoms with Crippen molar-refractivity contribution in [2.45, 2.75) is 51.7 Å². The minimum absolute atomic E-state index is 0.0411. The van der Waals surface area contributed by atoms with Gasteiger partial charge in [-0.3, -0.25) is 9.59 Å². The van der Waals surface area contributed by atoms with Gasteiger partial charge in [-0.15, -0.1) is 0 Å². The fourth-order valence-electron chi connectivity index (χ4n) is 3.67. The first kappa shape index (κ1) is 21.3. The minimum atomic E-state index is -4.45. The van der Waals surface area contributed by atoms with Crippen molar-refractivity contribution in [1.82, 2.24) is 4.90 Å². The Bertz CT molecular complexity index is 657. The van der Waals surface area contributed by atoms with Gasteiger partial charge < -0.3 is 9.64 Å². The number of hydrogen-bond donors (Lipinski definition) is 0. The van der Waals surface area contributed by atoms with Crippen LogP contribution < -0.4 is 0 Å². The van der Waals surface area contributed by atoms with Crippen molar-refractivity contribution in [3.63, 3.8) is 0 Å². The smallest absolute Gasteiger partial charge is 0.416 e. The molecule has 1 amide bonds. The number of carbonyl (C=O) groups is 2. The SMILES string of the molecule is COC(=O)C(C)CN(C(=O)c1ccc(C(F)(F)F)cc1)C1CCCCC1C. The van der Waals surface area contributed by atoms with Crippen LogP contribution >= 0.6 is 0 Å². The third-order valence-electron chi connectivity index (χ3n) is 5.26. The Labute approximate surface area is 157 Å².